The van der Waals surface area contributed by atoms with Crippen molar-refractivity contribution in [1.29, 1.82) is 0 Å². The largest absolute Gasteiger partial charge is 0.328 e. The maximum absolute atomic E-state index is 12.4. The second-order valence-electron chi connectivity index (χ2n) is 6.21. The first-order valence-corrected chi connectivity index (χ1v) is 8.11. The fraction of sp³-hybridized carbons (Fsp3) is 0.350. The third kappa shape index (κ3) is 4.85. The minimum atomic E-state index is -0.0480. The van der Waals surface area contributed by atoms with Gasteiger partial charge in [-0.2, -0.15) is 0 Å². The molecule has 0 aliphatic heterocycles. The molecule has 0 saturated carbocycles. The molecule has 0 aliphatic carbocycles. The lowest BCUT2D eigenvalue weighted by Gasteiger charge is -2.20. The number of rotatable bonds is 5. The van der Waals surface area contributed by atoms with E-state index in [1.165, 1.54) is 11.1 Å². The van der Waals surface area contributed by atoms with E-state index in [0.29, 0.717) is 0 Å². The van der Waals surface area contributed by atoms with Crippen molar-refractivity contribution in [3.63, 3.8) is 0 Å². The molecule has 0 aliphatic rings. The van der Waals surface area contributed by atoms with Crippen LogP contribution in [0.3, 0.4) is 0 Å². The second kappa shape index (κ2) is 7.82. The van der Waals surface area contributed by atoms with Crippen LogP contribution in [0.1, 0.15) is 28.7 Å². The van der Waals surface area contributed by atoms with Crippen molar-refractivity contribution >= 4 is 11.7 Å². The molecule has 0 radical (unpaired) electrons. The van der Waals surface area contributed by atoms with Crippen LogP contribution in [0.15, 0.2) is 42.5 Å². The molecule has 122 valence electrons. The topological polar surface area (TPSA) is 32.3 Å². The summed E-state index contributed by atoms with van der Waals surface area (Å²) in [5, 5.41) is 3.04. The molecule has 2 aromatic carbocycles. The Kier molecular flexibility index (Phi) is 5.80. The molecule has 0 fully saturated rings. The molecule has 0 unspecified atom stereocenters. The average molecular weight is 310 g/mol. The molecule has 0 heterocycles. The van der Waals surface area contributed by atoms with Gasteiger partial charge in [-0.3, -0.25) is 0 Å². The van der Waals surface area contributed by atoms with Crippen molar-refractivity contribution in [2.75, 3.05) is 18.9 Å². The van der Waals surface area contributed by atoms with E-state index in [1.807, 2.05) is 27.0 Å². The summed E-state index contributed by atoms with van der Waals surface area (Å²) in [4.78, 5) is 14.1. The lowest BCUT2D eigenvalue weighted by atomic mass is 10.1. The Hall–Kier alpha value is -2.29. The Balaban J connectivity index is 1.88. The van der Waals surface area contributed by atoms with Crippen molar-refractivity contribution in [1.82, 2.24) is 4.90 Å². The Bertz CT molecular complexity index is 642. The van der Waals surface area contributed by atoms with Gasteiger partial charge in [0, 0.05) is 19.3 Å². The summed E-state index contributed by atoms with van der Waals surface area (Å²) in [6.45, 7) is 6.88. The molecule has 0 saturated heterocycles. The van der Waals surface area contributed by atoms with Crippen molar-refractivity contribution in [3.8, 4) is 0 Å². The molecular formula is C20H26N2O. The number of nitrogens with zero attached hydrogens (tertiary/aromatic N) is 1. The van der Waals surface area contributed by atoms with Crippen LogP contribution in [0.4, 0.5) is 10.5 Å². The van der Waals surface area contributed by atoms with E-state index < -0.39 is 0 Å². The fourth-order valence-corrected chi connectivity index (χ4v) is 2.85. The SMILES string of the molecule is Cc1cc(C)c(NC(=O)N(C)CCCc2ccccc2)c(C)c1. The standard InChI is InChI=1S/C20H26N2O/c1-15-13-16(2)19(17(3)14-15)21-20(23)22(4)12-8-11-18-9-6-5-7-10-18/h5-7,9-10,13-14H,8,11-12H2,1-4H3,(H,21,23). The van der Waals surface area contributed by atoms with Crippen molar-refractivity contribution in [3.05, 3.63) is 64.7 Å². The highest BCUT2D eigenvalue weighted by molar-refractivity contribution is 5.91. The lowest BCUT2D eigenvalue weighted by molar-refractivity contribution is 0.222. The average Bonchev–Trinajstić information content (AvgIpc) is 2.51. The van der Waals surface area contributed by atoms with E-state index in [0.717, 1.165) is 36.2 Å². The van der Waals surface area contributed by atoms with Gasteiger partial charge in [-0.25, -0.2) is 4.79 Å². The smallest absolute Gasteiger partial charge is 0.321 e. The monoisotopic (exact) mass is 310 g/mol. The summed E-state index contributed by atoms with van der Waals surface area (Å²) >= 11 is 0. The summed E-state index contributed by atoms with van der Waals surface area (Å²) in [6.07, 6.45) is 1.95. The summed E-state index contributed by atoms with van der Waals surface area (Å²) in [5.74, 6) is 0. The number of aryl methyl sites for hydroxylation is 4. The zero-order valence-electron chi connectivity index (χ0n) is 14.5. The van der Waals surface area contributed by atoms with Crippen LogP contribution in [-0.2, 0) is 6.42 Å². The highest BCUT2D eigenvalue weighted by Gasteiger charge is 2.12. The van der Waals surface area contributed by atoms with Gasteiger partial charge in [-0.15, -0.1) is 0 Å². The number of hydrogen-bond donors (Lipinski definition) is 1. The number of hydrogen-bond acceptors (Lipinski definition) is 1. The Labute approximate surface area is 139 Å². The number of amides is 2. The first-order valence-electron chi connectivity index (χ1n) is 8.11. The van der Waals surface area contributed by atoms with E-state index in [1.54, 1.807) is 4.90 Å². The zero-order chi connectivity index (χ0) is 16.8. The Morgan fingerprint density at radius 2 is 1.65 bits per heavy atom. The minimum Gasteiger partial charge on any atom is -0.328 e. The number of anilines is 1. The van der Waals surface area contributed by atoms with Crippen molar-refractivity contribution < 1.29 is 4.79 Å². The van der Waals surface area contributed by atoms with E-state index in [9.17, 15) is 4.79 Å². The van der Waals surface area contributed by atoms with E-state index in [4.69, 9.17) is 0 Å². The van der Waals surface area contributed by atoms with Gasteiger partial charge in [0.2, 0.25) is 0 Å². The summed E-state index contributed by atoms with van der Waals surface area (Å²) in [6, 6.07) is 14.5. The third-order valence-corrected chi connectivity index (χ3v) is 4.06. The maximum atomic E-state index is 12.4. The lowest BCUT2D eigenvalue weighted by Crippen LogP contribution is -2.32. The molecule has 0 spiro atoms. The van der Waals surface area contributed by atoms with Crippen LogP contribution < -0.4 is 5.32 Å². The first-order chi connectivity index (χ1) is 11.0. The van der Waals surface area contributed by atoms with E-state index in [-0.39, 0.29) is 6.03 Å². The molecule has 2 amide bonds. The van der Waals surface area contributed by atoms with Gasteiger partial charge < -0.3 is 10.2 Å². The summed E-state index contributed by atoms with van der Waals surface area (Å²) < 4.78 is 0. The molecule has 2 aromatic rings. The fourth-order valence-electron chi connectivity index (χ4n) is 2.85. The Morgan fingerprint density at radius 1 is 1.04 bits per heavy atom. The Morgan fingerprint density at radius 3 is 2.26 bits per heavy atom. The van der Waals surface area contributed by atoms with Crippen LogP contribution in [0.2, 0.25) is 0 Å². The molecule has 3 heteroatoms. The normalized spacial score (nSPS) is 10.4. The molecule has 2 rings (SSSR count). The van der Waals surface area contributed by atoms with Gasteiger partial charge in [-0.1, -0.05) is 48.0 Å². The van der Waals surface area contributed by atoms with E-state index in [2.05, 4.69) is 48.6 Å². The number of carbonyl (C=O) groups is 1. The van der Waals surface area contributed by atoms with Gasteiger partial charge in [0.05, 0.1) is 0 Å². The minimum absolute atomic E-state index is 0.0480. The second-order valence-corrected chi connectivity index (χ2v) is 6.21. The van der Waals surface area contributed by atoms with Gasteiger partial charge in [-0.05, 0) is 50.3 Å². The van der Waals surface area contributed by atoms with Gasteiger partial charge in [0.1, 0.15) is 0 Å². The third-order valence-electron chi connectivity index (χ3n) is 4.06. The van der Waals surface area contributed by atoms with Crippen molar-refractivity contribution in [2.24, 2.45) is 0 Å². The number of nitrogens with one attached hydrogen (secondary N) is 1. The first kappa shape index (κ1) is 17.1. The maximum Gasteiger partial charge on any atom is 0.321 e. The molecule has 0 aromatic heterocycles. The molecular weight excluding hydrogens is 284 g/mol. The van der Waals surface area contributed by atoms with Crippen LogP contribution in [0, 0.1) is 20.8 Å². The number of urea groups is 1. The molecule has 0 bridgehead atoms. The van der Waals surface area contributed by atoms with Crippen molar-refractivity contribution in [2.45, 2.75) is 33.6 Å². The molecule has 3 nitrogen and oxygen atoms in total. The van der Waals surface area contributed by atoms with Crippen LogP contribution in [-0.4, -0.2) is 24.5 Å². The zero-order valence-corrected chi connectivity index (χ0v) is 14.5. The predicted molar refractivity (Wildman–Crippen MR) is 97.1 cm³/mol. The molecule has 23 heavy (non-hydrogen) atoms. The molecule has 0 atom stereocenters. The number of carbonyl (C=O) groups excluding carboxylic acids is 1. The van der Waals surface area contributed by atoms with E-state index >= 15 is 0 Å². The van der Waals surface area contributed by atoms with Gasteiger partial charge in [0.15, 0.2) is 0 Å². The summed E-state index contributed by atoms with van der Waals surface area (Å²) in [7, 11) is 1.85. The van der Waals surface area contributed by atoms with Crippen LogP contribution in [0.5, 0.6) is 0 Å². The summed E-state index contributed by atoms with van der Waals surface area (Å²) in [5.41, 5.74) is 5.67. The van der Waals surface area contributed by atoms with Gasteiger partial charge >= 0.3 is 6.03 Å². The molecule has 1 N–H and O–H groups in total. The quantitative estimate of drug-likeness (QED) is 0.852. The van der Waals surface area contributed by atoms with Gasteiger partial charge in [0.25, 0.3) is 0 Å². The highest BCUT2D eigenvalue weighted by Crippen LogP contribution is 2.22. The predicted octanol–water partition coefficient (Wildman–Crippen LogP) is 4.71. The van der Waals surface area contributed by atoms with Crippen LogP contribution in [0.25, 0.3) is 0 Å². The number of benzene rings is 2. The highest BCUT2D eigenvalue weighted by atomic mass is 16.2. The van der Waals surface area contributed by atoms with Crippen LogP contribution >= 0.6 is 0 Å².